The SMILES string of the molecule is CC(C)=CCNc1cccc(C(F)(F)F)c1. The van der Waals surface area contributed by atoms with Crippen molar-refractivity contribution in [2.24, 2.45) is 0 Å². The summed E-state index contributed by atoms with van der Waals surface area (Å²) in [5, 5.41) is 2.91. The summed E-state index contributed by atoms with van der Waals surface area (Å²) in [5.41, 5.74) is 0.974. The van der Waals surface area contributed by atoms with Gasteiger partial charge < -0.3 is 5.32 Å². The number of benzene rings is 1. The first-order chi connectivity index (χ1) is 7.39. The van der Waals surface area contributed by atoms with Crippen molar-refractivity contribution in [1.82, 2.24) is 0 Å². The standard InChI is InChI=1S/C12H14F3N/c1-9(2)6-7-16-11-5-3-4-10(8-11)12(13,14)15/h3-6,8,16H,7H2,1-2H3. The van der Waals surface area contributed by atoms with E-state index in [1.165, 1.54) is 6.07 Å². The van der Waals surface area contributed by atoms with E-state index in [4.69, 9.17) is 0 Å². The molecular weight excluding hydrogens is 215 g/mol. The maximum Gasteiger partial charge on any atom is 0.416 e. The average molecular weight is 229 g/mol. The predicted molar refractivity (Wildman–Crippen MR) is 59.4 cm³/mol. The molecule has 0 aliphatic carbocycles. The van der Waals surface area contributed by atoms with E-state index in [1.54, 1.807) is 6.07 Å². The summed E-state index contributed by atoms with van der Waals surface area (Å²) in [6.07, 6.45) is -2.37. The van der Waals surface area contributed by atoms with E-state index >= 15 is 0 Å². The van der Waals surface area contributed by atoms with Gasteiger partial charge in [0.25, 0.3) is 0 Å². The fourth-order valence-corrected chi connectivity index (χ4v) is 1.18. The summed E-state index contributed by atoms with van der Waals surface area (Å²) in [4.78, 5) is 0. The van der Waals surface area contributed by atoms with Gasteiger partial charge in [-0.1, -0.05) is 17.7 Å². The van der Waals surface area contributed by atoms with Gasteiger partial charge in [-0.15, -0.1) is 0 Å². The number of allylic oxidation sites excluding steroid dienone is 1. The Kier molecular flexibility index (Phi) is 3.99. The van der Waals surface area contributed by atoms with Gasteiger partial charge >= 0.3 is 6.18 Å². The van der Waals surface area contributed by atoms with Gasteiger partial charge in [0.1, 0.15) is 0 Å². The lowest BCUT2D eigenvalue weighted by molar-refractivity contribution is -0.137. The van der Waals surface area contributed by atoms with Gasteiger partial charge in [0, 0.05) is 12.2 Å². The van der Waals surface area contributed by atoms with Gasteiger partial charge in [-0.3, -0.25) is 0 Å². The molecule has 0 saturated carbocycles. The van der Waals surface area contributed by atoms with Crippen molar-refractivity contribution in [2.75, 3.05) is 11.9 Å². The fraction of sp³-hybridized carbons (Fsp3) is 0.333. The number of alkyl halides is 3. The number of halogens is 3. The Bertz CT molecular complexity index is 376. The molecule has 0 aliphatic rings. The molecule has 0 heterocycles. The molecular formula is C12H14F3N. The van der Waals surface area contributed by atoms with Crippen molar-refractivity contribution in [3.05, 3.63) is 41.5 Å². The molecule has 1 nitrogen and oxygen atoms in total. The van der Waals surface area contributed by atoms with E-state index in [2.05, 4.69) is 5.32 Å². The third kappa shape index (κ3) is 3.96. The second kappa shape index (κ2) is 5.05. The van der Waals surface area contributed by atoms with Crippen molar-refractivity contribution in [2.45, 2.75) is 20.0 Å². The van der Waals surface area contributed by atoms with Crippen LogP contribution in [0, 0.1) is 0 Å². The molecule has 1 N–H and O–H groups in total. The minimum absolute atomic E-state index is 0.479. The summed E-state index contributed by atoms with van der Waals surface area (Å²) in [5.74, 6) is 0. The van der Waals surface area contributed by atoms with Crippen molar-refractivity contribution < 1.29 is 13.2 Å². The highest BCUT2D eigenvalue weighted by molar-refractivity contribution is 5.46. The van der Waals surface area contributed by atoms with E-state index in [0.29, 0.717) is 12.2 Å². The van der Waals surface area contributed by atoms with Crippen molar-refractivity contribution in [3.8, 4) is 0 Å². The number of hydrogen-bond donors (Lipinski definition) is 1. The molecule has 1 aromatic carbocycles. The minimum Gasteiger partial charge on any atom is -0.382 e. The zero-order chi connectivity index (χ0) is 12.2. The lowest BCUT2D eigenvalue weighted by Crippen LogP contribution is -2.06. The van der Waals surface area contributed by atoms with E-state index in [0.717, 1.165) is 17.7 Å². The number of anilines is 1. The van der Waals surface area contributed by atoms with Crippen LogP contribution < -0.4 is 5.32 Å². The maximum absolute atomic E-state index is 12.4. The molecule has 0 amide bonds. The van der Waals surface area contributed by atoms with Crippen LogP contribution in [0.25, 0.3) is 0 Å². The van der Waals surface area contributed by atoms with Crippen LogP contribution in [0.3, 0.4) is 0 Å². The first-order valence-corrected chi connectivity index (χ1v) is 4.94. The molecule has 0 atom stereocenters. The first kappa shape index (κ1) is 12.6. The summed E-state index contributed by atoms with van der Waals surface area (Å²) in [6.45, 7) is 4.41. The van der Waals surface area contributed by atoms with Crippen LogP contribution in [-0.4, -0.2) is 6.54 Å². The second-order valence-corrected chi connectivity index (χ2v) is 3.74. The van der Waals surface area contributed by atoms with E-state index in [9.17, 15) is 13.2 Å². The second-order valence-electron chi connectivity index (χ2n) is 3.74. The zero-order valence-electron chi connectivity index (χ0n) is 9.23. The molecule has 0 aliphatic heterocycles. The van der Waals surface area contributed by atoms with Crippen molar-refractivity contribution in [3.63, 3.8) is 0 Å². The van der Waals surface area contributed by atoms with Gasteiger partial charge in [-0.25, -0.2) is 0 Å². The monoisotopic (exact) mass is 229 g/mol. The zero-order valence-corrected chi connectivity index (χ0v) is 9.23. The summed E-state index contributed by atoms with van der Waals surface area (Å²) in [6, 6.07) is 5.19. The molecule has 0 aromatic heterocycles. The van der Waals surface area contributed by atoms with Crippen LogP contribution >= 0.6 is 0 Å². The third-order valence-electron chi connectivity index (χ3n) is 2.01. The smallest absolute Gasteiger partial charge is 0.382 e. The minimum atomic E-state index is -4.28. The average Bonchev–Trinajstić information content (AvgIpc) is 2.16. The number of hydrogen-bond acceptors (Lipinski definition) is 1. The summed E-state index contributed by atoms with van der Waals surface area (Å²) < 4.78 is 37.1. The maximum atomic E-state index is 12.4. The van der Waals surface area contributed by atoms with Crippen molar-refractivity contribution >= 4 is 5.69 Å². The topological polar surface area (TPSA) is 12.0 Å². The quantitative estimate of drug-likeness (QED) is 0.770. The highest BCUT2D eigenvalue weighted by Crippen LogP contribution is 2.30. The Morgan fingerprint density at radius 3 is 2.56 bits per heavy atom. The Labute approximate surface area is 93.0 Å². The molecule has 1 rings (SSSR count). The number of nitrogens with one attached hydrogen (secondary N) is 1. The highest BCUT2D eigenvalue weighted by Gasteiger charge is 2.30. The van der Waals surface area contributed by atoms with Crippen LogP contribution in [0.15, 0.2) is 35.9 Å². The first-order valence-electron chi connectivity index (χ1n) is 4.94. The van der Waals surface area contributed by atoms with Crippen LogP contribution in [0.4, 0.5) is 18.9 Å². The Hall–Kier alpha value is -1.45. The van der Waals surface area contributed by atoms with Crippen LogP contribution in [0.1, 0.15) is 19.4 Å². The number of rotatable bonds is 3. The fourth-order valence-electron chi connectivity index (χ4n) is 1.18. The Morgan fingerprint density at radius 1 is 1.31 bits per heavy atom. The summed E-state index contributed by atoms with van der Waals surface area (Å²) >= 11 is 0. The third-order valence-corrected chi connectivity index (χ3v) is 2.01. The molecule has 1 aromatic rings. The molecule has 0 bridgehead atoms. The summed E-state index contributed by atoms with van der Waals surface area (Å²) in [7, 11) is 0. The highest BCUT2D eigenvalue weighted by atomic mass is 19.4. The van der Waals surface area contributed by atoms with Gasteiger partial charge in [-0.05, 0) is 32.0 Å². The molecule has 0 spiro atoms. The molecule has 4 heteroatoms. The van der Waals surface area contributed by atoms with E-state index < -0.39 is 11.7 Å². The largest absolute Gasteiger partial charge is 0.416 e. The van der Waals surface area contributed by atoms with Crippen LogP contribution in [0.2, 0.25) is 0 Å². The Morgan fingerprint density at radius 2 is 2.00 bits per heavy atom. The van der Waals surface area contributed by atoms with E-state index in [1.807, 2.05) is 19.9 Å². The molecule has 0 fully saturated rings. The normalized spacial score (nSPS) is 11.1. The molecule has 88 valence electrons. The molecule has 16 heavy (non-hydrogen) atoms. The van der Waals surface area contributed by atoms with Crippen LogP contribution in [0.5, 0.6) is 0 Å². The van der Waals surface area contributed by atoms with Crippen molar-refractivity contribution in [1.29, 1.82) is 0 Å². The van der Waals surface area contributed by atoms with Gasteiger partial charge in [0.05, 0.1) is 5.56 Å². The Balaban J connectivity index is 2.72. The molecule has 0 unspecified atom stereocenters. The molecule has 0 radical (unpaired) electrons. The lowest BCUT2D eigenvalue weighted by atomic mass is 10.2. The lowest BCUT2D eigenvalue weighted by Gasteiger charge is -2.09. The predicted octanol–water partition coefficient (Wildman–Crippen LogP) is 4.08. The van der Waals surface area contributed by atoms with Crippen LogP contribution in [-0.2, 0) is 6.18 Å². The van der Waals surface area contributed by atoms with Gasteiger partial charge in [-0.2, -0.15) is 13.2 Å². The van der Waals surface area contributed by atoms with Gasteiger partial charge in [0.15, 0.2) is 0 Å². The van der Waals surface area contributed by atoms with Gasteiger partial charge in [0.2, 0.25) is 0 Å². The van der Waals surface area contributed by atoms with E-state index in [-0.39, 0.29) is 0 Å². The molecule has 0 saturated heterocycles.